The monoisotopic (exact) mass is 637 g/mol. The molecular formula is C36H36F5N3O2. The van der Waals surface area contributed by atoms with Crippen molar-refractivity contribution < 1.29 is 31.5 Å². The number of fused-ring (bicyclic) bond motifs is 2. The van der Waals surface area contributed by atoms with Crippen LogP contribution in [0.15, 0.2) is 78.6 Å². The van der Waals surface area contributed by atoms with E-state index in [1.807, 2.05) is 13.0 Å². The Kier molecular flexibility index (Phi) is 9.86. The number of alkyl halides is 3. The zero-order valence-corrected chi connectivity index (χ0v) is 26.0. The van der Waals surface area contributed by atoms with Crippen LogP contribution in [0.5, 0.6) is 0 Å². The molecule has 0 radical (unpaired) electrons. The summed E-state index contributed by atoms with van der Waals surface area (Å²) in [6, 6.07) is 14.1. The number of hydrogen-bond donors (Lipinski definition) is 0. The van der Waals surface area contributed by atoms with Crippen LogP contribution in [0.25, 0.3) is 11.8 Å². The predicted octanol–water partition coefficient (Wildman–Crippen LogP) is 8.84. The fourth-order valence-corrected chi connectivity index (χ4v) is 6.01. The van der Waals surface area contributed by atoms with Gasteiger partial charge in [0.25, 0.3) is 0 Å². The lowest BCUT2D eigenvalue weighted by molar-refractivity contribution is -0.137. The van der Waals surface area contributed by atoms with Crippen molar-refractivity contribution >= 4 is 11.9 Å². The van der Waals surface area contributed by atoms with Crippen molar-refractivity contribution in [2.75, 3.05) is 13.2 Å². The van der Waals surface area contributed by atoms with E-state index in [2.05, 4.69) is 23.9 Å². The third-order valence-corrected chi connectivity index (χ3v) is 8.55. The number of aryl methyl sites for hydroxylation is 1. The van der Waals surface area contributed by atoms with Gasteiger partial charge < -0.3 is 4.74 Å². The smallest absolute Gasteiger partial charge is 0.381 e. The summed E-state index contributed by atoms with van der Waals surface area (Å²) in [5.74, 6) is 0.181. The van der Waals surface area contributed by atoms with E-state index in [0.717, 1.165) is 66.3 Å². The standard InChI is InChI=1S/C25H21F4N3O.C7H7F.C4H8O/c1-15-2-3-17-11-22-16(14-31-32(22)20-6-4-19(26)5-7-20)13-24(17,12-15)23(33)21-10-18(8-9-30-21)25(27,28)29;1-6-2-4-7(8)5-3-6;1-4-2-5-3-4/h4-11,14-15H,2-3,12-13H2,1H3;2-5H,1H3;4H,2-3H2,1H3/t15-,24+;;/m0../s1. The summed E-state index contributed by atoms with van der Waals surface area (Å²) in [4.78, 5) is 17.8. The lowest BCUT2D eigenvalue weighted by Crippen LogP contribution is -2.42. The number of allylic oxidation sites excluding steroid dienone is 1. The molecule has 7 rings (SSSR count). The number of benzene rings is 2. The summed E-state index contributed by atoms with van der Waals surface area (Å²) in [6.45, 7) is 8.14. The number of nitrogens with zero attached hydrogens (tertiary/aromatic N) is 3. The van der Waals surface area contributed by atoms with Crippen LogP contribution in [0.2, 0.25) is 0 Å². The molecule has 242 valence electrons. The second-order valence-corrected chi connectivity index (χ2v) is 12.4. The number of pyridine rings is 1. The quantitative estimate of drug-likeness (QED) is 0.166. The molecule has 3 aliphatic rings. The Bertz CT molecular complexity index is 1670. The Morgan fingerprint density at radius 1 is 0.957 bits per heavy atom. The van der Waals surface area contributed by atoms with E-state index in [1.54, 1.807) is 35.1 Å². The molecule has 2 atom stereocenters. The molecule has 0 unspecified atom stereocenters. The molecule has 1 aliphatic heterocycles. The summed E-state index contributed by atoms with van der Waals surface area (Å²) in [5.41, 5.74) is 2.32. The summed E-state index contributed by atoms with van der Waals surface area (Å²) >= 11 is 0. The zero-order chi connectivity index (χ0) is 33.1. The van der Waals surface area contributed by atoms with Gasteiger partial charge in [-0.05, 0) is 98.7 Å². The van der Waals surface area contributed by atoms with Crippen molar-refractivity contribution in [2.24, 2.45) is 17.3 Å². The van der Waals surface area contributed by atoms with Gasteiger partial charge in [-0.15, -0.1) is 0 Å². The maximum atomic E-state index is 13.8. The first-order valence-electron chi connectivity index (χ1n) is 15.3. The Morgan fingerprint density at radius 3 is 2.15 bits per heavy atom. The Hall–Kier alpha value is -4.18. The van der Waals surface area contributed by atoms with E-state index in [0.29, 0.717) is 24.9 Å². The largest absolute Gasteiger partial charge is 0.416 e. The highest BCUT2D eigenvalue weighted by atomic mass is 19.4. The van der Waals surface area contributed by atoms with Gasteiger partial charge >= 0.3 is 6.18 Å². The Balaban J connectivity index is 0.000000265. The Morgan fingerprint density at radius 2 is 1.59 bits per heavy atom. The number of carbonyl (C=O) groups is 1. The second kappa shape index (κ2) is 13.7. The van der Waals surface area contributed by atoms with Crippen LogP contribution >= 0.6 is 0 Å². The lowest BCUT2D eigenvalue weighted by Gasteiger charge is -2.43. The molecule has 0 bridgehead atoms. The molecule has 1 saturated carbocycles. The predicted molar refractivity (Wildman–Crippen MR) is 165 cm³/mol. The van der Waals surface area contributed by atoms with Crippen molar-refractivity contribution in [1.82, 2.24) is 14.8 Å². The van der Waals surface area contributed by atoms with E-state index in [4.69, 9.17) is 4.74 Å². The number of Topliss-reactive ketones (excluding diaryl/α,β-unsaturated/α-hetero) is 1. The van der Waals surface area contributed by atoms with Crippen LogP contribution < -0.4 is 0 Å². The number of ether oxygens (including phenoxy) is 1. The van der Waals surface area contributed by atoms with Gasteiger partial charge in [0, 0.05) is 12.1 Å². The van der Waals surface area contributed by atoms with E-state index < -0.39 is 17.2 Å². The van der Waals surface area contributed by atoms with Crippen LogP contribution in [0, 0.1) is 35.8 Å². The van der Waals surface area contributed by atoms with Crippen molar-refractivity contribution in [2.45, 2.75) is 52.6 Å². The maximum Gasteiger partial charge on any atom is 0.416 e. The zero-order valence-electron chi connectivity index (χ0n) is 26.0. The molecule has 2 aromatic heterocycles. The van der Waals surface area contributed by atoms with Crippen molar-refractivity contribution in [1.29, 1.82) is 0 Å². The number of rotatable bonds is 3. The van der Waals surface area contributed by atoms with Crippen molar-refractivity contribution in [3.05, 3.63) is 118 Å². The molecular weight excluding hydrogens is 601 g/mol. The minimum absolute atomic E-state index is 0.167. The molecule has 46 heavy (non-hydrogen) atoms. The molecule has 10 heteroatoms. The van der Waals surface area contributed by atoms with Crippen molar-refractivity contribution in [3.63, 3.8) is 0 Å². The topological polar surface area (TPSA) is 57.0 Å². The van der Waals surface area contributed by atoms with Crippen molar-refractivity contribution in [3.8, 4) is 5.69 Å². The Labute approximate surface area is 265 Å². The van der Waals surface area contributed by atoms with Crippen LogP contribution in [0.1, 0.15) is 66.0 Å². The molecule has 3 heterocycles. The molecule has 5 nitrogen and oxygen atoms in total. The van der Waals surface area contributed by atoms with Gasteiger partial charge in [0.1, 0.15) is 17.3 Å². The second-order valence-electron chi connectivity index (χ2n) is 12.4. The number of halogens is 5. The number of ketones is 1. The van der Waals surface area contributed by atoms with E-state index in [9.17, 15) is 26.7 Å². The first-order chi connectivity index (χ1) is 21.9. The summed E-state index contributed by atoms with van der Waals surface area (Å²) in [5, 5.41) is 4.46. The van der Waals surface area contributed by atoms with Crippen LogP contribution in [-0.4, -0.2) is 33.8 Å². The van der Waals surface area contributed by atoms with Gasteiger partial charge in [-0.2, -0.15) is 18.3 Å². The van der Waals surface area contributed by atoms with Gasteiger partial charge in [0.05, 0.1) is 41.8 Å². The van der Waals surface area contributed by atoms with Gasteiger partial charge in [-0.25, -0.2) is 13.5 Å². The normalized spacial score (nSPS) is 20.4. The summed E-state index contributed by atoms with van der Waals surface area (Å²) in [6.07, 6.45) is 2.55. The minimum atomic E-state index is -4.55. The number of hydrogen-bond acceptors (Lipinski definition) is 4. The molecule has 2 aliphatic carbocycles. The SMILES string of the molecule is CC1COC1.C[C@H]1CCC2=Cc3c(cnn3-c3ccc(F)cc3)C[C@]2(C(=O)c2cc(C(F)(F)F)ccn2)C1.Cc1ccc(F)cc1. The highest BCUT2D eigenvalue weighted by molar-refractivity contribution is 6.02. The lowest BCUT2D eigenvalue weighted by atomic mass is 9.59. The maximum absolute atomic E-state index is 13.8. The molecule has 0 spiro atoms. The molecule has 4 aromatic rings. The fraction of sp³-hybridized carbons (Fsp3) is 0.361. The fourth-order valence-electron chi connectivity index (χ4n) is 6.01. The number of aromatic nitrogens is 3. The highest BCUT2D eigenvalue weighted by Crippen LogP contribution is 2.51. The van der Waals surface area contributed by atoms with E-state index in [1.165, 1.54) is 24.3 Å². The van der Waals surface area contributed by atoms with Crippen LogP contribution in [-0.2, 0) is 17.3 Å². The average molecular weight is 638 g/mol. The highest BCUT2D eigenvalue weighted by Gasteiger charge is 2.49. The van der Waals surface area contributed by atoms with Gasteiger partial charge in [0.2, 0.25) is 0 Å². The first kappa shape index (κ1) is 33.2. The summed E-state index contributed by atoms with van der Waals surface area (Å²) in [7, 11) is 0. The molecule has 2 aromatic carbocycles. The van der Waals surface area contributed by atoms with Gasteiger partial charge in [-0.3, -0.25) is 9.78 Å². The minimum Gasteiger partial charge on any atom is -0.381 e. The molecule has 0 amide bonds. The number of carbonyl (C=O) groups excluding carboxylic acids is 1. The van der Waals surface area contributed by atoms with E-state index in [-0.39, 0.29) is 29.0 Å². The molecule has 0 N–H and O–H groups in total. The first-order valence-corrected chi connectivity index (χ1v) is 15.3. The van der Waals surface area contributed by atoms with Crippen LogP contribution in [0.4, 0.5) is 22.0 Å². The van der Waals surface area contributed by atoms with Gasteiger partial charge in [0.15, 0.2) is 5.78 Å². The molecule has 2 fully saturated rings. The summed E-state index contributed by atoms with van der Waals surface area (Å²) < 4.78 is 71.8. The molecule has 1 saturated heterocycles. The van der Waals surface area contributed by atoms with E-state index >= 15 is 0 Å². The third-order valence-electron chi connectivity index (χ3n) is 8.55. The van der Waals surface area contributed by atoms with Gasteiger partial charge in [-0.1, -0.05) is 37.1 Å². The third kappa shape index (κ3) is 7.44. The van der Waals surface area contributed by atoms with Crippen LogP contribution in [0.3, 0.4) is 0 Å². The average Bonchev–Trinajstić information content (AvgIpc) is 3.42.